The Morgan fingerprint density at radius 2 is 1.75 bits per heavy atom. The molecule has 3 aromatic rings. The summed E-state index contributed by atoms with van der Waals surface area (Å²) >= 11 is 0. The molecule has 0 unspecified atom stereocenters. The Balaban J connectivity index is 1.80. The second-order valence-corrected chi connectivity index (χ2v) is 5.77. The SMILES string of the molecule is Cc1cn(CC(=O)N[C@H](C(N)=O)c2ccccc2)c2ccccc12. The lowest BCUT2D eigenvalue weighted by molar-refractivity contribution is -0.127. The van der Waals surface area contributed by atoms with Crippen LogP contribution in [0.2, 0.25) is 0 Å². The van der Waals surface area contributed by atoms with Gasteiger partial charge in [-0.15, -0.1) is 0 Å². The van der Waals surface area contributed by atoms with Gasteiger partial charge in [0.25, 0.3) is 0 Å². The third-order valence-corrected chi connectivity index (χ3v) is 4.02. The molecule has 3 rings (SSSR count). The first-order valence-electron chi connectivity index (χ1n) is 7.74. The van der Waals surface area contributed by atoms with Gasteiger partial charge in [-0.25, -0.2) is 0 Å². The van der Waals surface area contributed by atoms with Gasteiger partial charge in [0.05, 0.1) is 0 Å². The fourth-order valence-corrected chi connectivity index (χ4v) is 2.89. The maximum absolute atomic E-state index is 12.4. The average molecular weight is 321 g/mol. The molecule has 0 bridgehead atoms. The summed E-state index contributed by atoms with van der Waals surface area (Å²) in [7, 11) is 0. The molecule has 0 aliphatic carbocycles. The lowest BCUT2D eigenvalue weighted by Gasteiger charge is -2.16. The largest absolute Gasteiger partial charge is 0.368 e. The van der Waals surface area contributed by atoms with Crippen molar-refractivity contribution in [2.75, 3.05) is 0 Å². The smallest absolute Gasteiger partial charge is 0.244 e. The third-order valence-electron chi connectivity index (χ3n) is 4.02. The quantitative estimate of drug-likeness (QED) is 0.756. The molecule has 1 aromatic heterocycles. The van der Waals surface area contributed by atoms with E-state index in [1.165, 1.54) is 0 Å². The molecule has 0 spiro atoms. The van der Waals surface area contributed by atoms with Gasteiger partial charge in [-0.2, -0.15) is 0 Å². The van der Waals surface area contributed by atoms with Crippen molar-refractivity contribution in [3.63, 3.8) is 0 Å². The normalized spacial score (nSPS) is 12.0. The van der Waals surface area contributed by atoms with E-state index in [2.05, 4.69) is 5.32 Å². The molecule has 0 saturated heterocycles. The number of hydrogen-bond acceptors (Lipinski definition) is 2. The average Bonchev–Trinajstić information content (AvgIpc) is 2.89. The van der Waals surface area contributed by atoms with Gasteiger partial charge >= 0.3 is 0 Å². The number of nitrogens with one attached hydrogen (secondary N) is 1. The van der Waals surface area contributed by atoms with E-state index in [9.17, 15) is 9.59 Å². The molecule has 122 valence electrons. The summed E-state index contributed by atoms with van der Waals surface area (Å²) in [5, 5.41) is 3.83. The van der Waals surface area contributed by atoms with Crippen molar-refractivity contribution in [1.82, 2.24) is 9.88 Å². The van der Waals surface area contributed by atoms with Crippen LogP contribution in [0.4, 0.5) is 0 Å². The van der Waals surface area contributed by atoms with Crippen LogP contribution in [0.15, 0.2) is 60.8 Å². The molecule has 0 aliphatic heterocycles. The second kappa shape index (κ2) is 6.58. The van der Waals surface area contributed by atoms with Crippen LogP contribution in [0.1, 0.15) is 17.2 Å². The first-order valence-corrected chi connectivity index (χ1v) is 7.74. The first-order chi connectivity index (χ1) is 11.6. The molecule has 1 atom stereocenters. The van der Waals surface area contributed by atoms with Crippen LogP contribution in [0.25, 0.3) is 10.9 Å². The van der Waals surface area contributed by atoms with E-state index in [1.54, 1.807) is 24.3 Å². The Morgan fingerprint density at radius 3 is 2.46 bits per heavy atom. The maximum Gasteiger partial charge on any atom is 0.244 e. The van der Waals surface area contributed by atoms with Crippen LogP contribution in [0, 0.1) is 6.92 Å². The van der Waals surface area contributed by atoms with Crippen LogP contribution >= 0.6 is 0 Å². The summed E-state index contributed by atoms with van der Waals surface area (Å²) < 4.78 is 1.88. The van der Waals surface area contributed by atoms with Gasteiger partial charge in [0.1, 0.15) is 12.6 Å². The van der Waals surface area contributed by atoms with Crippen molar-refractivity contribution in [1.29, 1.82) is 0 Å². The van der Waals surface area contributed by atoms with Crippen LogP contribution in [-0.2, 0) is 16.1 Å². The molecule has 0 radical (unpaired) electrons. The molecular formula is C19H19N3O2. The van der Waals surface area contributed by atoms with E-state index in [0.29, 0.717) is 5.56 Å². The Hall–Kier alpha value is -3.08. The number of aromatic nitrogens is 1. The Kier molecular flexibility index (Phi) is 4.33. The zero-order valence-corrected chi connectivity index (χ0v) is 13.4. The number of rotatable bonds is 5. The maximum atomic E-state index is 12.4. The van der Waals surface area contributed by atoms with E-state index >= 15 is 0 Å². The first kappa shape index (κ1) is 15.8. The number of nitrogens with zero attached hydrogens (tertiary/aromatic N) is 1. The number of carbonyl (C=O) groups excluding carboxylic acids is 2. The number of benzene rings is 2. The van der Waals surface area contributed by atoms with E-state index in [0.717, 1.165) is 16.5 Å². The Labute approximate surface area is 140 Å². The van der Waals surface area contributed by atoms with Gasteiger partial charge in [0.2, 0.25) is 11.8 Å². The Morgan fingerprint density at radius 1 is 1.08 bits per heavy atom. The highest BCUT2D eigenvalue weighted by molar-refractivity contribution is 5.89. The zero-order valence-electron chi connectivity index (χ0n) is 13.4. The van der Waals surface area contributed by atoms with Gasteiger partial charge in [-0.3, -0.25) is 9.59 Å². The lowest BCUT2D eigenvalue weighted by atomic mass is 10.1. The van der Waals surface area contributed by atoms with Crippen LogP contribution in [0.5, 0.6) is 0 Å². The van der Waals surface area contributed by atoms with Crippen LogP contribution in [-0.4, -0.2) is 16.4 Å². The standard InChI is InChI=1S/C19H19N3O2/c1-13-11-22(16-10-6-5-9-15(13)16)12-17(23)21-18(19(20)24)14-7-3-2-4-8-14/h2-11,18H,12H2,1H3,(H2,20,24)(H,21,23)/t18-/m0/s1. The highest BCUT2D eigenvalue weighted by atomic mass is 16.2. The number of aryl methyl sites for hydroxylation is 1. The fraction of sp³-hybridized carbons (Fsp3) is 0.158. The molecule has 24 heavy (non-hydrogen) atoms. The van der Waals surface area contributed by atoms with Gasteiger partial charge < -0.3 is 15.6 Å². The highest BCUT2D eigenvalue weighted by Gasteiger charge is 2.20. The Bertz CT molecular complexity index is 884. The number of nitrogens with two attached hydrogens (primary N) is 1. The van der Waals surface area contributed by atoms with Gasteiger partial charge in [0.15, 0.2) is 0 Å². The minimum Gasteiger partial charge on any atom is -0.368 e. The topological polar surface area (TPSA) is 77.1 Å². The zero-order chi connectivity index (χ0) is 17.1. The van der Waals surface area contributed by atoms with E-state index in [4.69, 9.17) is 5.73 Å². The molecule has 0 saturated carbocycles. The molecular weight excluding hydrogens is 302 g/mol. The summed E-state index contributed by atoms with van der Waals surface area (Å²) in [6.45, 7) is 2.14. The van der Waals surface area contributed by atoms with Crippen LogP contribution < -0.4 is 11.1 Å². The van der Waals surface area contributed by atoms with E-state index < -0.39 is 11.9 Å². The van der Waals surface area contributed by atoms with Crippen molar-refractivity contribution in [2.45, 2.75) is 19.5 Å². The lowest BCUT2D eigenvalue weighted by Crippen LogP contribution is -2.39. The molecule has 5 heteroatoms. The predicted molar refractivity (Wildman–Crippen MR) is 93.2 cm³/mol. The van der Waals surface area contributed by atoms with E-state index in [-0.39, 0.29) is 12.5 Å². The minimum atomic E-state index is -0.832. The van der Waals surface area contributed by atoms with Gasteiger partial charge in [0, 0.05) is 17.1 Å². The van der Waals surface area contributed by atoms with Crippen LogP contribution in [0.3, 0.4) is 0 Å². The summed E-state index contributed by atoms with van der Waals surface area (Å²) in [6.07, 6.45) is 1.94. The second-order valence-electron chi connectivity index (χ2n) is 5.77. The molecule has 0 fully saturated rings. The highest BCUT2D eigenvalue weighted by Crippen LogP contribution is 2.20. The summed E-state index contributed by atoms with van der Waals surface area (Å²) in [5.41, 5.74) is 8.21. The fourth-order valence-electron chi connectivity index (χ4n) is 2.89. The predicted octanol–water partition coefficient (Wildman–Crippen LogP) is 2.29. The molecule has 3 N–H and O–H groups in total. The number of carbonyl (C=O) groups is 2. The molecule has 0 aliphatic rings. The van der Waals surface area contributed by atoms with Crippen molar-refractivity contribution >= 4 is 22.7 Å². The van der Waals surface area contributed by atoms with Gasteiger partial charge in [-0.1, -0.05) is 48.5 Å². The molecule has 5 nitrogen and oxygen atoms in total. The number of para-hydroxylation sites is 1. The number of amides is 2. The molecule has 2 amide bonds. The van der Waals surface area contributed by atoms with Gasteiger partial charge in [-0.05, 0) is 24.1 Å². The minimum absolute atomic E-state index is 0.130. The third kappa shape index (κ3) is 3.15. The molecule has 2 aromatic carbocycles. The summed E-state index contributed by atoms with van der Waals surface area (Å²) in [6, 6.07) is 16.1. The number of hydrogen-bond donors (Lipinski definition) is 2. The monoisotopic (exact) mass is 321 g/mol. The number of fused-ring (bicyclic) bond motifs is 1. The number of primary amides is 1. The van der Waals surface area contributed by atoms with E-state index in [1.807, 2.05) is 48.0 Å². The van der Waals surface area contributed by atoms with Crippen molar-refractivity contribution < 1.29 is 9.59 Å². The van der Waals surface area contributed by atoms with Crippen molar-refractivity contribution in [2.24, 2.45) is 5.73 Å². The summed E-state index contributed by atoms with van der Waals surface area (Å²) in [5.74, 6) is -0.841. The van der Waals surface area contributed by atoms with Crippen molar-refractivity contribution in [3.8, 4) is 0 Å². The van der Waals surface area contributed by atoms with Crippen molar-refractivity contribution in [3.05, 3.63) is 71.9 Å². The molecule has 1 heterocycles. The summed E-state index contributed by atoms with van der Waals surface area (Å²) in [4.78, 5) is 24.1.